The second-order valence-electron chi connectivity index (χ2n) is 4.34. The monoisotopic (exact) mass is 250 g/mol. The third-order valence-electron chi connectivity index (χ3n) is 2.99. The second-order valence-corrected chi connectivity index (χ2v) is 4.34. The van der Waals surface area contributed by atoms with Gasteiger partial charge in [-0.05, 0) is 48.2 Å². The summed E-state index contributed by atoms with van der Waals surface area (Å²) in [4.78, 5) is 0. The maximum atomic E-state index is 12.6. The van der Waals surface area contributed by atoms with Crippen LogP contribution >= 0.6 is 0 Å². The topological polar surface area (TPSA) is 0 Å². The van der Waals surface area contributed by atoms with E-state index in [0.29, 0.717) is 5.56 Å². The van der Waals surface area contributed by atoms with Crippen molar-refractivity contribution >= 4 is 0 Å². The van der Waals surface area contributed by atoms with Gasteiger partial charge >= 0.3 is 6.18 Å². The second kappa shape index (κ2) is 4.48. The van der Waals surface area contributed by atoms with Gasteiger partial charge in [-0.25, -0.2) is 0 Å². The van der Waals surface area contributed by atoms with Crippen molar-refractivity contribution in [2.24, 2.45) is 0 Å². The average Bonchev–Trinajstić information content (AvgIpc) is 2.29. The molecular formula is C15H13F3. The Kier molecular flexibility index (Phi) is 3.16. The maximum absolute atomic E-state index is 12.6. The first-order valence-corrected chi connectivity index (χ1v) is 5.63. The van der Waals surface area contributed by atoms with Gasteiger partial charge in [0, 0.05) is 0 Å². The molecule has 0 aliphatic heterocycles. The zero-order valence-corrected chi connectivity index (χ0v) is 10.2. The van der Waals surface area contributed by atoms with Crippen molar-refractivity contribution in [2.45, 2.75) is 20.0 Å². The molecule has 0 fully saturated rings. The summed E-state index contributed by atoms with van der Waals surface area (Å²) in [6, 6.07) is 11.5. The molecule has 0 heterocycles. The van der Waals surface area contributed by atoms with Crippen LogP contribution in [0, 0.1) is 13.8 Å². The van der Waals surface area contributed by atoms with E-state index in [-0.39, 0.29) is 0 Å². The Morgan fingerprint density at radius 3 is 1.94 bits per heavy atom. The Hall–Kier alpha value is -1.77. The smallest absolute Gasteiger partial charge is 0.166 e. The van der Waals surface area contributed by atoms with Crippen LogP contribution in [0.25, 0.3) is 11.1 Å². The summed E-state index contributed by atoms with van der Waals surface area (Å²) >= 11 is 0. The molecule has 0 N–H and O–H groups in total. The molecule has 0 unspecified atom stereocenters. The van der Waals surface area contributed by atoms with Crippen LogP contribution in [0.3, 0.4) is 0 Å². The molecule has 0 nitrogen and oxygen atoms in total. The number of alkyl halides is 3. The van der Waals surface area contributed by atoms with Crippen LogP contribution in [0.15, 0.2) is 42.5 Å². The molecule has 0 spiro atoms. The summed E-state index contributed by atoms with van der Waals surface area (Å²) in [6.07, 6.45) is -4.28. The highest BCUT2D eigenvalue weighted by atomic mass is 19.4. The molecule has 2 aromatic carbocycles. The van der Waals surface area contributed by atoms with Gasteiger partial charge in [0.2, 0.25) is 0 Å². The van der Waals surface area contributed by atoms with Crippen molar-refractivity contribution in [1.82, 2.24) is 0 Å². The number of rotatable bonds is 1. The van der Waals surface area contributed by atoms with E-state index < -0.39 is 11.7 Å². The van der Waals surface area contributed by atoms with Crippen molar-refractivity contribution in [3.05, 3.63) is 59.2 Å². The third-order valence-corrected chi connectivity index (χ3v) is 2.99. The molecule has 0 atom stereocenters. The maximum Gasteiger partial charge on any atom is 0.416 e. The molecule has 2 aromatic rings. The minimum atomic E-state index is -4.28. The Balaban J connectivity index is 2.52. The third kappa shape index (κ3) is 2.40. The van der Waals surface area contributed by atoms with Gasteiger partial charge < -0.3 is 0 Å². The van der Waals surface area contributed by atoms with E-state index in [2.05, 4.69) is 0 Å². The van der Waals surface area contributed by atoms with Gasteiger partial charge in [0.05, 0.1) is 5.56 Å². The molecule has 0 aromatic heterocycles. The molecule has 0 radical (unpaired) electrons. The van der Waals surface area contributed by atoms with Crippen LogP contribution in [-0.2, 0) is 6.18 Å². The van der Waals surface area contributed by atoms with E-state index in [0.717, 1.165) is 22.8 Å². The molecule has 18 heavy (non-hydrogen) atoms. The molecule has 0 aliphatic rings. The number of aryl methyl sites for hydroxylation is 2. The van der Waals surface area contributed by atoms with Gasteiger partial charge in [0.25, 0.3) is 0 Å². The standard InChI is InChI=1S/C15H13F3/c1-10-5-3-4-6-13(10)14-8-7-12(9-11(14)2)15(16,17)18/h3-9H,1-2H3. The zero-order chi connectivity index (χ0) is 13.3. The van der Waals surface area contributed by atoms with Gasteiger partial charge in [0.1, 0.15) is 0 Å². The lowest BCUT2D eigenvalue weighted by molar-refractivity contribution is -0.137. The predicted molar refractivity (Wildman–Crippen MR) is 66.4 cm³/mol. The Morgan fingerprint density at radius 2 is 1.39 bits per heavy atom. The van der Waals surface area contributed by atoms with Crippen LogP contribution in [0.1, 0.15) is 16.7 Å². The largest absolute Gasteiger partial charge is 0.416 e. The Bertz CT molecular complexity index is 568. The molecule has 94 valence electrons. The van der Waals surface area contributed by atoms with E-state index in [4.69, 9.17) is 0 Å². The molecular weight excluding hydrogens is 237 g/mol. The van der Waals surface area contributed by atoms with Gasteiger partial charge in [0.15, 0.2) is 0 Å². The van der Waals surface area contributed by atoms with Crippen molar-refractivity contribution in [2.75, 3.05) is 0 Å². The van der Waals surface area contributed by atoms with Crippen LogP contribution in [0.5, 0.6) is 0 Å². The zero-order valence-electron chi connectivity index (χ0n) is 10.2. The van der Waals surface area contributed by atoms with E-state index in [1.165, 1.54) is 6.07 Å². The number of hydrogen-bond donors (Lipinski definition) is 0. The van der Waals surface area contributed by atoms with Gasteiger partial charge in [-0.3, -0.25) is 0 Å². The average molecular weight is 250 g/mol. The van der Waals surface area contributed by atoms with Gasteiger partial charge in [-0.2, -0.15) is 13.2 Å². The van der Waals surface area contributed by atoms with Crippen LogP contribution in [0.2, 0.25) is 0 Å². The van der Waals surface area contributed by atoms with E-state index in [1.807, 2.05) is 31.2 Å². The SMILES string of the molecule is Cc1ccccc1-c1ccc(C(F)(F)F)cc1C. The molecule has 0 bridgehead atoms. The number of hydrogen-bond acceptors (Lipinski definition) is 0. The molecule has 0 amide bonds. The van der Waals surface area contributed by atoms with Crippen LogP contribution in [-0.4, -0.2) is 0 Å². The summed E-state index contributed by atoms with van der Waals surface area (Å²) in [5, 5.41) is 0. The predicted octanol–water partition coefficient (Wildman–Crippen LogP) is 4.99. The first-order valence-electron chi connectivity index (χ1n) is 5.63. The first kappa shape index (κ1) is 12.7. The van der Waals surface area contributed by atoms with Crippen LogP contribution < -0.4 is 0 Å². The molecule has 3 heteroatoms. The van der Waals surface area contributed by atoms with Crippen LogP contribution in [0.4, 0.5) is 13.2 Å². The van der Waals surface area contributed by atoms with Crippen molar-refractivity contribution < 1.29 is 13.2 Å². The molecule has 2 rings (SSSR count). The van der Waals surface area contributed by atoms with E-state index in [9.17, 15) is 13.2 Å². The fourth-order valence-corrected chi connectivity index (χ4v) is 2.02. The summed E-state index contributed by atoms with van der Waals surface area (Å²) < 4.78 is 37.7. The van der Waals surface area contributed by atoms with Crippen molar-refractivity contribution in [3.63, 3.8) is 0 Å². The Morgan fingerprint density at radius 1 is 0.778 bits per heavy atom. The Labute approximate surface area is 104 Å². The fraction of sp³-hybridized carbons (Fsp3) is 0.200. The normalized spacial score (nSPS) is 11.6. The van der Waals surface area contributed by atoms with Gasteiger partial charge in [-0.1, -0.05) is 30.3 Å². The van der Waals surface area contributed by atoms with E-state index in [1.54, 1.807) is 13.0 Å². The van der Waals surface area contributed by atoms with E-state index >= 15 is 0 Å². The van der Waals surface area contributed by atoms with Crippen molar-refractivity contribution in [1.29, 1.82) is 0 Å². The van der Waals surface area contributed by atoms with Gasteiger partial charge in [-0.15, -0.1) is 0 Å². The highest BCUT2D eigenvalue weighted by molar-refractivity contribution is 5.70. The lowest BCUT2D eigenvalue weighted by Crippen LogP contribution is -2.05. The lowest BCUT2D eigenvalue weighted by atomic mass is 9.95. The lowest BCUT2D eigenvalue weighted by Gasteiger charge is -2.12. The van der Waals surface area contributed by atoms with Crippen molar-refractivity contribution in [3.8, 4) is 11.1 Å². The summed E-state index contributed by atoms with van der Waals surface area (Å²) in [5.41, 5.74) is 2.92. The quantitative estimate of drug-likeness (QED) is 0.669. The first-order chi connectivity index (χ1) is 8.39. The number of halogens is 3. The molecule has 0 saturated heterocycles. The summed E-state index contributed by atoms with van der Waals surface area (Å²) in [7, 11) is 0. The number of benzene rings is 2. The molecule has 0 saturated carbocycles. The fourth-order valence-electron chi connectivity index (χ4n) is 2.02. The highest BCUT2D eigenvalue weighted by Crippen LogP contribution is 2.33. The summed E-state index contributed by atoms with van der Waals surface area (Å²) in [6.45, 7) is 3.66. The summed E-state index contributed by atoms with van der Waals surface area (Å²) in [5.74, 6) is 0. The molecule has 0 aliphatic carbocycles. The minimum absolute atomic E-state index is 0.600. The highest BCUT2D eigenvalue weighted by Gasteiger charge is 2.30. The minimum Gasteiger partial charge on any atom is -0.166 e.